The van der Waals surface area contributed by atoms with Gasteiger partial charge in [-0.1, -0.05) is 12.1 Å². The summed E-state index contributed by atoms with van der Waals surface area (Å²) in [7, 11) is 0. The van der Waals surface area contributed by atoms with Crippen LogP contribution in [0.4, 0.5) is 0 Å². The number of carbonyl (C=O) groups excluding carboxylic acids is 2. The van der Waals surface area contributed by atoms with Crippen molar-refractivity contribution in [3.05, 3.63) is 33.4 Å². The van der Waals surface area contributed by atoms with Gasteiger partial charge in [-0.25, -0.2) is 0 Å². The van der Waals surface area contributed by atoms with E-state index >= 15 is 0 Å². The summed E-state index contributed by atoms with van der Waals surface area (Å²) in [5.74, 6) is 0.108. The quantitative estimate of drug-likeness (QED) is 0.557. The lowest BCUT2D eigenvalue weighted by molar-refractivity contribution is -0.143. The molecule has 0 unspecified atom stereocenters. The number of carbonyl (C=O) groups is 2. The fourth-order valence-corrected chi connectivity index (χ4v) is 2.62. The van der Waals surface area contributed by atoms with E-state index in [9.17, 15) is 9.59 Å². The average Bonchev–Trinajstić information content (AvgIpc) is 3.22. The molecule has 1 amide bonds. The number of halogens is 1. The zero-order valence-electron chi connectivity index (χ0n) is 11.5. The van der Waals surface area contributed by atoms with Crippen molar-refractivity contribution in [1.29, 1.82) is 0 Å². The third-order valence-electron chi connectivity index (χ3n) is 3.19. The monoisotopic (exact) mass is 387 g/mol. The maximum absolute atomic E-state index is 12.6. The van der Waals surface area contributed by atoms with Crippen LogP contribution in [0.3, 0.4) is 0 Å². The van der Waals surface area contributed by atoms with E-state index in [1.165, 1.54) is 0 Å². The Labute approximate surface area is 132 Å². The first-order valence-corrected chi connectivity index (χ1v) is 7.89. The predicted octanol–water partition coefficient (Wildman–Crippen LogP) is 2.71. The van der Waals surface area contributed by atoms with Gasteiger partial charge in [-0.15, -0.1) is 0 Å². The lowest BCUT2D eigenvalue weighted by atomic mass is 10.2. The van der Waals surface area contributed by atoms with Crippen LogP contribution in [0, 0.1) is 9.49 Å². The molecule has 1 fully saturated rings. The molecule has 0 atom stereocenters. The molecule has 1 aromatic carbocycles. The predicted molar refractivity (Wildman–Crippen MR) is 84.4 cm³/mol. The Hall–Kier alpha value is -1.11. The number of esters is 1. The first kappa shape index (κ1) is 15.3. The van der Waals surface area contributed by atoms with Crippen LogP contribution < -0.4 is 0 Å². The highest BCUT2D eigenvalue weighted by molar-refractivity contribution is 14.1. The summed E-state index contributed by atoms with van der Waals surface area (Å²) in [4.78, 5) is 25.9. The second-order valence-corrected chi connectivity index (χ2v) is 6.08. The van der Waals surface area contributed by atoms with Gasteiger partial charge >= 0.3 is 5.97 Å². The zero-order valence-corrected chi connectivity index (χ0v) is 13.6. The molecule has 0 N–H and O–H groups in total. The van der Waals surface area contributed by atoms with Gasteiger partial charge in [0.25, 0.3) is 5.91 Å². The van der Waals surface area contributed by atoms with Gasteiger partial charge < -0.3 is 9.64 Å². The van der Waals surface area contributed by atoms with Gasteiger partial charge in [0.15, 0.2) is 0 Å². The Balaban J connectivity index is 2.10. The van der Waals surface area contributed by atoms with E-state index in [0.717, 1.165) is 16.4 Å². The van der Waals surface area contributed by atoms with Crippen LogP contribution in [0.25, 0.3) is 0 Å². The van der Waals surface area contributed by atoms with E-state index in [-0.39, 0.29) is 18.4 Å². The number of ether oxygens (including phenoxy) is 1. The molecule has 0 heterocycles. The van der Waals surface area contributed by atoms with Crippen LogP contribution in [-0.4, -0.2) is 36.5 Å². The fraction of sp³-hybridized carbons (Fsp3) is 0.467. The maximum atomic E-state index is 12.6. The second kappa shape index (κ2) is 7.06. The SMILES string of the molecule is CCOC(=O)CN(CC1CC1)C(=O)c1ccccc1I. The minimum Gasteiger partial charge on any atom is -0.465 e. The standard InChI is InChI=1S/C15H18INO3/c1-2-20-14(18)10-17(9-11-7-8-11)15(19)12-5-3-4-6-13(12)16/h3-6,11H,2,7-10H2,1H3. The van der Waals surface area contributed by atoms with Crippen LogP contribution in [0.2, 0.25) is 0 Å². The third-order valence-corrected chi connectivity index (χ3v) is 4.13. The molecular weight excluding hydrogens is 369 g/mol. The summed E-state index contributed by atoms with van der Waals surface area (Å²) in [6, 6.07) is 7.44. The number of benzene rings is 1. The van der Waals surface area contributed by atoms with Crippen molar-refractivity contribution in [3.63, 3.8) is 0 Å². The topological polar surface area (TPSA) is 46.6 Å². The summed E-state index contributed by atoms with van der Waals surface area (Å²) in [5, 5.41) is 0. The smallest absolute Gasteiger partial charge is 0.325 e. The molecule has 0 aromatic heterocycles. The Bertz CT molecular complexity index is 500. The minimum atomic E-state index is -0.340. The molecule has 0 spiro atoms. The summed E-state index contributed by atoms with van der Waals surface area (Å²) in [6.45, 7) is 2.79. The summed E-state index contributed by atoms with van der Waals surface area (Å²) < 4.78 is 5.86. The van der Waals surface area contributed by atoms with Crippen molar-refractivity contribution in [3.8, 4) is 0 Å². The van der Waals surface area contributed by atoms with E-state index < -0.39 is 0 Å². The molecule has 1 aliphatic rings. The van der Waals surface area contributed by atoms with Gasteiger partial charge in [0.1, 0.15) is 6.54 Å². The lowest BCUT2D eigenvalue weighted by Crippen LogP contribution is -2.38. The van der Waals surface area contributed by atoms with Gasteiger partial charge in [0, 0.05) is 10.1 Å². The highest BCUT2D eigenvalue weighted by Crippen LogP contribution is 2.30. The van der Waals surface area contributed by atoms with Crippen molar-refractivity contribution in [2.75, 3.05) is 19.7 Å². The Morgan fingerprint density at radius 3 is 2.65 bits per heavy atom. The van der Waals surface area contributed by atoms with Gasteiger partial charge in [0.05, 0.1) is 12.2 Å². The molecule has 2 rings (SSSR count). The van der Waals surface area contributed by atoms with E-state index in [1.807, 2.05) is 18.2 Å². The normalized spacial score (nSPS) is 13.9. The van der Waals surface area contributed by atoms with Gasteiger partial charge in [-0.3, -0.25) is 9.59 Å². The van der Waals surface area contributed by atoms with Gasteiger partial charge in [0.2, 0.25) is 0 Å². The number of nitrogens with zero attached hydrogens (tertiary/aromatic N) is 1. The molecule has 1 aliphatic carbocycles. The molecule has 20 heavy (non-hydrogen) atoms. The summed E-state index contributed by atoms with van der Waals surface area (Å²) >= 11 is 2.14. The van der Waals surface area contributed by atoms with Crippen molar-refractivity contribution in [1.82, 2.24) is 4.90 Å². The fourth-order valence-electron chi connectivity index (χ4n) is 2.00. The molecular formula is C15H18INO3. The first-order chi connectivity index (χ1) is 9.61. The number of amides is 1. The van der Waals surface area contributed by atoms with Crippen molar-refractivity contribution in [2.45, 2.75) is 19.8 Å². The van der Waals surface area contributed by atoms with Crippen molar-refractivity contribution >= 4 is 34.5 Å². The number of hydrogen-bond acceptors (Lipinski definition) is 3. The molecule has 108 valence electrons. The van der Waals surface area contributed by atoms with E-state index in [0.29, 0.717) is 24.6 Å². The van der Waals surface area contributed by atoms with Crippen LogP contribution >= 0.6 is 22.6 Å². The van der Waals surface area contributed by atoms with E-state index in [4.69, 9.17) is 4.74 Å². The third kappa shape index (κ3) is 4.19. The number of rotatable bonds is 6. The largest absolute Gasteiger partial charge is 0.465 e. The minimum absolute atomic E-state index is 0.0359. The van der Waals surface area contributed by atoms with Crippen LogP contribution in [0.15, 0.2) is 24.3 Å². The molecule has 1 saturated carbocycles. The Morgan fingerprint density at radius 2 is 2.05 bits per heavy atom. The molecule has 5 heteroatoms. The highest BCUT2D eigenvalue weighted by atomic mass is 127. The molecule has 0 bridgehead atoms. The summed E-state index contributed by atoms with van der Waals surface area (Å²) in [5.41, 5.74) is 0.651. The molecule has 1 aromatic rings. The molecule has 4 nitrogen and oxygen atoms in total. The molecule has 0 radical (unpaired) electrons. The Morgan fingerprint density at radius 1 is 1.35 bits per heavy atom. The lowest BCUT2D eigenvalue weighted by Gasteiger charge is -2.22. The summed E-state index contributed by atoms with van der Waals surface area (Å²) in [6.07, 6.45) is 2.27. The average molecular weight is 387 g/mol. The van der Waals surface area contributed by atoms with E-state index in [1.54, 1.807) is 17.9 Å². The van der Waals surface area contributed by atoms with Gasteiger partial charge in [-0.05, 0) is 60.4 Å². The maximum Gasteiger partial charge on any atom is 0.325 e. The van der Waals surface area contributed by atoms with Crippen molar-refractivity contribution in [2.24, 2.45) is 5.92 Å². The van der Waals surface area contributed by atoms with Crippen LogP contribution in [0.5, 0.6) is 0 Å². The van der Waals surface area contributed by atoms with Crippen LogP contribution in [0.1, 0.15) is 30.1 Å². The zero-order chi connectivity index (χ0) is 14.5. The van der Waals surface area contributed by atoms with E-state index in [2.05, 4.69) is 22.6 Å². The molecule has 0 saturated heterocycles. The molecule has 0 aliphatic heterocycles. The Kier molecular flexibility index (Phi) is 5.39. The van der Waals surface area contributed by atoms with Crippen LogP contribution in [-0.2, 0) is 9.53 Å². The number of hydrogen-bond donors (Lipinski definition) is 0. The first-order valence-electron chi connectivity index (χ1n) is 6.81. The van der Waals surface area contributed by atoms with Crippen molar-refractivity contribution < 1.29 is 14.3 Å². The van der Waals surface area contributed by atoms with Gasteiger partial charge in [-0.2, -0.15) is 0 Å². The second-order valence-electron chi connectivity index (χ2n) is 4.91. The highest BCUT2D eigenvalue weighted by Gasteiger charge is 2.29.